The fraction of sp³-hybridized carbons (Fsp3) is 0.611. The standard InChI is InChI=1S/C18H28N2OS/c1-13-6-8-15(9-7-13)22-12-16(21)19-14-10-17(2,3)20-18(4,5)11-14/h6-9,14,20H,10-12H2,1-5H3,(H,19,21). The first-order valence-electron chi connectivity index (χ1n) is 7.93. The Bertz CT molecular complexity index is 506. The Balaban J connectivity index is 1.85. The Morgan fingerprint density at radius 2 is 1.73 bits per heavy atom. The summed E-state index contributed by atoms with van der Waals surface area (Å²) in [6, 6.07) is 8.56. The summed E-state index contributed by atoms with van der Waals surface area (Å²) in [5, 5.41) is 6.85. The number of amides is 1. The van der Waals surface area contributed by atoms with E-state index in [1.807, 2.05) is 0 Å². The summed E-state index contributed by atoms with van der Waals surface area (Å²) in [4.78, 5) is 13.4. The highest BCUT2D eigenvalue weighted by Gasteiger charge is 2.38. The van der Waals surface area contributed by atoms with Crippen LogP contribution < -0.4 is 10.6 Å². The molecule has 2 rings (SSSR count). The van der Waals surface area contributed by atoms with E-state index in [4.69, 9.17) is 0 Å². The maximum Gasteiger partial charge on any atom is 0.230 e. The van der Waals surface area contributed by atoms with Crippen molar-refractivity contribution in [2.45, 2.75) is 69.5 Å². The van der Waals surface area contributed by atoms with E-state index in [0.29, 0.717) is 5.75 Å². The number of rotatable bonds is 4. The van der Waals surface area contributed by atoms with Gasteiger partial charge in [-0.25, -0.2) is 0 Å². The van der Waals surface area contributed by atoms with Crippen LogP contribution in [0.15, 0.2) is 29.2 Å². The quantitative estimate of drug-likeness (QED) is 0.834. The van der Waals surface area contributed by atoms with Gasteiger partial charge in [-0.1, -0.05) is 17.7 Å². The van der Waals surface area contributed by atoms with Crippen molar-refractivity contribution in [2.24, 2.45) is 0 Å². The van der Waals surface area contributed by atoms with Gasteiger partial charge in [0.05, 0.1) is 5.75 Å². The minimum absolute atomic E-state index is 0.0593. The van der Waals surface area contributed by atoms with E-state index >= 15 is 0 Å². The van der Waals surface area contributed by atoms with Crippen LogP contribution in [-0.2, 0) is 4.79 Å². The third-order valence-electron chi connectivity index (χ3n) is 3.95. The van der Waals surface area contributed by atoms with Crippen LogP contribution in [0.4, 0.5) is 0 Å². The number of carbonyl (C=O) groups is 1. The second-order valence-electron chi connectivity index (χ2n) is 7.67. The summed E-state index contributed by atoms with van der Waals surface area (Å²) in [5.74, 6) is 0.609. The summed E-state index contributed by atoms with van der Waals surface area (Å²) < 4.78 is 0. The molecule has 1 heterocycles. The molecule has 0 spiro atoms. The van der Waals surface area contributed by atoms with Gasteiger partial charge < -0.3 is 10.6 Å². The van der Waals surface area contributed by atoms with Gasteiger partial charge in [-0.05, 0) is 59.6 Å². The molecule has 1 amide bonds. The highest BCUT2D eigenvalue weighted by atomic mass is 32.2. The molecule has 1 aliphatic rings. The molecule has 0 saturated carbocycles. The fourth-order valence-corrected chi connectivity index (χ4v) is 4.19. The number of hydrogen-bond donors (Lipinski definition) is 2. The Morgan fingerprint density at radius 1 is 1.18 bits per heavy atom. The highest BCUT2D eigenvalue weighted by molar-refractivity contribution is 8.00. The smallest absolute Gasteiger partial charge is 0.230 e. The van der Waals surface area contributed by atoms with Gasteiger partial charge in [-0.2, -0.15) is 0 Å². The van der Waals surface area contributed by atoms with Gasteiger partial charge in [0.25, 0.3) is 0 Å². The van der Waals surface area contributed by atoms with Crippen molar-refractivity contribution in [3.05, 3.63) is 29.8 Å². The van der Waals surface area contributed by atoms with E-state index in [0.717, 1.165) is 17.7 Å². The highest BCUT2D eigenvalue weighted by Crippen LogP contribution is 2.28. The molecule has 1 fully saturated rings. The number of aryl methyl sites for hydroxylation is 1. The summed E-state index contributed by atoms with van der Waals surface area (Å²) >= 11 is 1.60. The van der Waals surface area contributed by atoms with Crippen molar-refractivity contribution < 1.29 is 4.79 Å². The number of benzene rings is 1. The summed E-state index contributed by atoms with van der Waals surface area (Å²) in [7, 11) is 0. The van der Waals surface area contributed by atoms with Gasteiger partial charge in [0.2, 0.25) is 5.91 Å². The van der Waals surface area contributed by atoms with Crippen molar-refractivity contribution in [3.8, 4) is 0 Å². The van der Waals surface area contributed by atoms with Crippen LogP contribution in [0.2, 0.25) is 0 Å². The zero-order chi connectivity index (χ0) is 16.4. The molecular formula is C18H28N2OS. The van der Waals surface area contributed by atoms with E-state index in [9.17, 15) is 4.79 Å². The molecule has 0 aliphatic carbocycles. The van der Waals surface area contributed by atoms with Crippen LogP contribution in [0.25, 0.3) is 0 Å². The third kappa shape index (κ3) is 5.33. The van der Waals surface area contributed by atoms with E-state index in [2.05, 4.69) is 69.5 Å². The molecule has 0 bridgehead atoms. The second-order valence-corrected chi connectivity index (χ2v) is 8.72. The van der Waals surface area contributed by atoms with E-state index in [1.54, 1.807) is 11.8 Å². The van der Waals surface area contributed by atoms with Crippen LogP contribution in [-0.4, -0.2) is 28.8 Å². The summed E-state index contributed by atoms with van der Waals surface area (Å²) in [6.45, 7) is 10.9. The molecule has 2 N–H and O–H groups in total. The number of piperidine rings is 1. The molecule has 1 aromatic rings. The SMILES string of the molecule is Cc1ccc(SCC(=O)NC2CC(C)(C)NC(C)(C)C2)cc1. The van der Waals surface area contributed by atoms with Gasteiger partial charge >= 0.3 is 0 Å². The third-order valence-corrected chi connectivity index (χ3v) is 4.96. The molecule has 1 saturated heterocycles. The second kappa shape index (κ2) is 6.63. The molecule has 4 heteroatoms. The number of hydrogen-bond acceptors (Lipinski definition) is 3. The molecule has 1 aromatic carbocycles. The van der Waals surface area contributed by atoms with Crippen molar-refractivity contribution in [2.75, 3.05) is 5.75 Å². The minimum atomic E-state index is 0.0593. The zero-order valence-corrected chi connectivity index (χ0v) is 15.1. The van der Waals surface area contributed by atoms with Gasteiger partial charge in [-0.3, -0.25) is 4.79 Å². The van der Waals surface area contributed by atoms with Crippen molar-refractivity contribution >= 4 is 17.7 Å². The maximum atomic E-state index is 12.2. The number of thioether (sulfide) groups is 1. The van der Waals surface area contributed by atoms with Crippen molar-refractivity contribution in [1.82, 2.24) is 10.6 Å². The van der Waals surface area contributed by atoms with Gasteiger partial charge in [0.1, 0.15) is 0 Å². The predicted molar refractivity (Wildman–Crippen MR) is 94.4 cm³/mol. The monoisotopic (exact) mass is 320 g/mol. The average molecular weight is 321 g/mol. The lowest BCUT2D eigenvalue weighted by Crippen LogP contribution is -2.62. The fourth-order valence-electron chi connectivity index (χ4n) is 3.48. The minimum Gasteiger partial charge on any atom is -0.353 e. The van der Waals surface area contributed by atoms with Crippen LogP contribution >= 0.6 is 11.8 Å². The largest absolute Gasteiger partial charge is 0.353 e. The molecule has 1 aliphatic heterocycles. The molecule has 22 heavy (non-hydrogen) atoms. The molecule has 0 atom stereocenters. The predicted octanol–water partition coefficient (Wildman–Crippen LogP) is 3.51. The first-order chi connectivity index (χ1) is 10.2. The van der Waals surface area contributed by atoms with Gasteiger partial charge in [0, 0.05) is 22.0 Å². The van der Waals surface area contributed by atoms with Gasteiger partial charge in [0.15, 0.2) is 0 Å². The Hall–Kier alpha value is -1.00. The average Bonchev–Trinajstić information content (AvgIpc) is 2.34. The van der Waals surface area contributed by atoms with Crippen LogP contribution in [0.1, 0.15) is 46.1 Å². The van der Waals surface area contributed by atoms with E-state index in [1.165, 1.54) is 5.56 Å². The summed E-state index contributed by atoms with van der Waals surface area (Å²) in [5.41, 5.74) is 1.36. The number of nitrogens with one attached hydrogen (secondary N) is 2. The Labute approximate surface area is 138 Å². The molecule has 0 unspecified atom stereocenters. The molecule has 3 nitrogen and oxygen atoms in total. The molecule has 122 valence electrons. The first kappa shape index (κ1) is 17.4. The van der Waals surface area contributed by atoms with E-state index < -0.39 is 0 Å². The molecule has 0 radical (unpaired) electrons. The van der Waals surface area contributed by atoms with Gasteiger partial charge in [-0.15, -0.1) is 11.8 Å². The Kier molecular flexibility index (Phi) is 5.23. The zero-order valence-electron chi connectivity index (χ0n) is 14.3. The first-order valence-corrected chi connectivity index (χ1v) is 8.92. The van der Waals surface area contributed by atoms with Crippen LogP contribution in [0, 0.1) is 6.92 Å². The van der Waals surface area contributed by atoms with Crippen molar-refractivity contribution in [1.29, 1.82) is 0 Å². The lowest BCUT2D eigenvalue weighted by Gasteiger charge is -2.46. The Morgan fingerprint density at radius 3 is 2.27 bits per heavy atom. The van der Waals surface area contributed by atoms with Crippen molar-refractivity contribution in [3.63, 3.8) is 0 Å². The number of carbonyl (C=O) groups excluding carboxylic acids is 1. The molecule has 0 aromatic heterocycles. The normalized spacial score (nSPS) is 20.6. The lowest BCUT2D eigenvalue weighted by molar-refractivity contribution is -0.119. The van der Waals surface area contributed by atoms with E-state index in [-0.39, 0.29) is 23.0 Å². The maximum absolute atomic E-state index is 12.2. The lowest BCUT2D eigenvalue weighted by atomic mass is 9.79. The van der Waals surface area contributed by atoms with Crippen LogP contribution in [0.5, 0.6) is 0 Å². The molecular weight excluding hydrogens is 292 g/mol. The topological polar surface area (TPSA) is 41.1 Å². The summed E-state index contributed by atoms with van der Waals surface area (Å²) in [6.07, 6.45) is 1.94. The van der Waals surface area contributed by atoms with Crippen LogP contribution in [0.3, 0.4) is 0 Å².